The molecule has 0 aliphatic rings. The first kappa shape index (κ1) is 19.6. The lowest BCUT2D eigenvalue weighted by molar-refractivity contribution is -0.115. The van der Waals surface area contributed by atoms with Gasteiger partial charge in [-0.2, -0.15) is 0 Å². The molecule has 25 heavy (non-hydrogen) atoms. The maximum atomic E-state index is 12.5. The Morgan fingerprint density at radius 1 is 1.52 bits per heavy atom. The van der Waals surface area contributed by atoms with E-state index >= 15 is 0 Å². The molecule has 0 radical (unpaired) electrons. The van der Waals surface area contributed by atoms with Gasteiger partial charge in [0.25, 0.3) is 0 Å². The lowest BCUT2D eigenvalue weighted by Crippen LogP contribution is -2.22. The lowest BCUT2D eigenvalue weighted by Gasteiger charge is -2.14. The number of benzene rings is 1. The third kappa shape index (κ3) is 5.35. The summed E-state index contributed by atoms with van der Waals surface area (Å²) in [5, 5.41) is 15.0. The summed E-state index contributed by atoms with van der Waals surface area (Å²) in [7, 11) is 1.54. The second-order valence-corrected chi connectivity index (χ2v) is 8.07. The smallest absolute Gasteiger partial charge is 0.237 e. The maximum absolute atomic E-state index is 12.5. The minimum absolute atomic E-state index is 0.152. The van der Waals surface area contributed by atoms with Crippen molar-refractivity contribution in [2.24, 2.45) is 0 Å². The standard InChI is InChI=1S/C16H19ClN4O2S2/c1-5-6-18-15-20-21-16(25-15)24-10(3)14(22)19-12-7-9(2)11(17)8-13(12)23-4/h5,7-8,10H,1,6H2,2-4H3,(H,18,20)(H,19,22). The number of nitrogens with zero attached hydrogens (tertiary/aromatic N) is 2. The van der Waals surface area contributed by atoms with E-state index in [2.05, 4.69) is 27.4 Å². The Bertz CT molecular complexity index is 767. The second-order valence-electron chi connectivity index (χ2n) is 5.09. The quantitative estimate of drug-likeness (QED) is 0.512. The van der Waals surface area contributed by atoms with Gasteiger partial charge in [0.2, 0.25) is 11.0 Å². The van der Waals surface area contributed by atoms with E-state index in [4.69, 9.17) is 16.3 Å². The molecular formula is C16H19ClN4O2S2. The number of aromatic nitrogens is 2. The van der Waals surface area contributed by atoms with Crippen molar-refractivity contribution in [3.8, 4) is 5.75 Å². The second kappa shape index (κ2) is 9.07. The van der Waals surface area contributed by atoms with Crippen molar-refractivity contribution in [3.05, 3.63) is 35.4 Å². The molecular weight excluding hydrogens is 380 g/mol. The van der Waals surface area contributed by atoms with Gasteiger partial charge in [0, 0.05) is 17.6 Å². The Balaban J connectivity index is 2.02. The average molecular weight is 399 g/mol. The molecule has 2 N–H and O–H groups in total. The van der Waals surface area contributed by atoms with Gasteiger partial charge in [0.15, 0.2) is 4.34 Å². The molecule has 1 aromatic heterocycles. The van der Waals surface area contributed by atoms with E-state index in [-0.39, 0.29) is 11.2 Å². The van der Waals surface area contributed by atoms with Crippen LogP contribution >= 0.6 is 34.7 Å². The van der Waals surface area contributed by atoms with Crippen molar-refractivity contribution in [2.45, 2.75) is 23.4 Å². The molecule has 2 aromatic rings. The van der Waals surface area contributed by atoms with Crippen LogP contribution in [0, 0.1) is 6.92 Å². The number of amides is 1. The third-order valence-corrected chi connectivity index (χ3v) is 5.66. The minimum Gasteiger partial charge on any atom is -0.495 e. The molecule has 0 fully saturated rings. The van der Waals surface area contributed by atoms with Gasteiger partial charge in [-0.15, -0.1) is 16.8 Å². The molecule has 134 valence electrons. The highest BCUT2D eigenvalue weighted by molar-refractivity contribution is 8.02. The summed E-state index contributed by atoms with van der Waals surface area (Å²) in [6.45, 7) is 7.94. The summed E-state index contributed by atoms with van der Waals surface area (Å²) >= 11 is 8.83. The maximum Gasteiger partial charge on any atom is 0.237 e. The van der Waals surface area contributed by atoms with E-state index in [0.29, 0.717) is 32.5 Å². The highest BCUT2D eigenvalue weighted by Gasteiger charge is 2.19. The summed E-state index contributed by atoms with van der Waals surface area (Å²) in [5.74, 6) is 0.369. The van der Waals surface area contributed by atoms with Crippen molar-refractivity contribution in [1.82, 2.24) is 10.2 Å². The van der Waals surface area contributed by atoms with E-state index < -0.39 is 0 Å². The molecule has 1 atom stereocenters. The number of hydrogen-bond acceptors (Lipinski definition) is 7. The summed E-state index contributed by atoms with van der Waals surface area (Å²) in [6.07, 6.45) is 1.74. The van der Waals surface area contributed by atoms with E-state index in [1.807, 2.05) is 13.8 Å². The van der Waals surface area contributed by atoms with Gasteiger partial charge in [-0.05, 0) is 25.5 Å². The van der Waals surface area contributed by atoms with Crippen LogP contribution in [0.3, 0.4) is 0 Å². The molecule has 1 aromatic carbocycles. The van der Waals surface area contributed by atoms with E-state index in [1.54, 1.807) is 18.2 Å². The zero-order valence-electron chi connectivity index (χ0n) is 14.1. The van der Waals surface area contributed by atoms with Crippen molar-refractivity contribution in [3.63, 3.8) is 0 Å². The van der Waals surface area contributed by atoms with E-state index in [9.17, 15) is 4.79 Å². The first-order valence-corrected chi connectivity index (χ1v) is 9.52. The molecule has 0 saturated carbocycles. The Hall–Kier alpha value is -1.77. The van der Waals surface area contributed by atoms with E-state index in [1.165, 1.54) is 30.2 Å². The number of nitrogens with one attached hydrogen (secondary N) is 2. The van der Waals surface area contributed by atoms with Gasteiger partial charge < -0.3 is 15.4 Å². The third-order valence-electron chi connectivity index (χ3n) is 3.19. The number of carbonyl (C=O) groups is 1. The van der Waals surface area contributed by atoms with Crippen molar-refractivity contribution in [1.29, 1.82) is 0 Å². The fourth-order valence-corrected chi connectivity index (χ4v) is 3.91. The van der Waals surface area contributed by atoms with Crippen LogP contribution in [0.2, 0.25) is 5.02 Å². The van der Waals surface area contributed by atoms with Crippen LogP contribution in [0.15, 0.2) is 29.1 Å². The Morgan fingerprint density at radius 2 is 2.28 bits per heavy atom. The number of ether oxygens (including phenoxy) is 1. The van der Waals surface area contributed by atoms with Crippen LogP contribution in [0.1, 0.15) is 12.5 Å². The number of anilines is 2. The van der Waals surface area contributed by atoms with Crippen LogP contribution in [0.5, 0.6) is 5.75 Å². The Kier molecular flexibility index (Phi) is 7.10. The van der Waals surface area contributed by atoms with Crippen molar-refractivity contribution < 1.29 is 9.53 Å². The molecule has 6 nitrogen and oxygen atoms in total. The highest BCUT2D eigenvalue weighted by atomic mass is 35.5. The molecule has 1 amide bonds. The van der Waals surface area contributed by atoms with Crippen LogP contribution in [0.25, 0.3) is 0 Å². The fourth-order valence-electron chi connectivity index (χ4n) is 1.86. The lowest BCUT2D eigenvalue weighted by atomic mass is 10.2. The van der Waals surface area contributed by atoms with Gasteiger partial charge in [-0.25, -0.2) is 0 Å². The SMILES string of the molecule is C=CCNc1nnc(SC(C)C(=O)Nc2cc(C)c(Cl)cc2OC)s1. The molecule has 0 aliphatic heterocycles. The van der Waals surface area contributed by atoms with Gasteiger partial charge in [0.05, 0.1) is 18.0 Å². The highest BCUT2D eigenvalue weighted by Crippen LogP contribution is 2.33. The molecule has 0 aliphatic carbocycles. The predicted molar refractivity (Wildman–Crippen MR) is 105 cm³/mol. The number of rotatable bonds is 8. The van der Waals surface area contributed by atoms with Crippen LogP contribution in [-0.2, 0) is 4.79 Å². The van der Waals surface area contributed by atoms with Gasteiger partial charge in [0.1, 0.15) is 5.75 Å². The summed E-state index contributed by atoms with van der Waals surface area (Å²) in [5.41, 5.74) is 1.45. The zero-order chi connectivity index (χ0) is 18.4. The molecule has 2 rings (SSSR count). The van der Waals surface area contributed by atoms with E-state index in [0.717, 1.165) is 5.56 Å². The predicted octanol–water partition coefficient (Wildman–Crippen LogP) is 4.23. The number of aryl methyl sites for hydroxylation is 1. The Morgan fingerprint density at radius 3 is 2.96 bits per heavy atom. The normalized spacial score (nSPS) is 11.7. The van der Waals surface area contributed by atoms with Crippen molar-refractivity contribution in [2.75, 3.05) is 24.3 Å². The van der Waals surface area contributed by atoms with Crippen LogP contribution < -0.4 is 15.4 Å². The monoisotopic (exact) mass is 398 g/mol. The molecule has 1 unspecified atom stereocenters. The number of halogens is 1. The van der Waals surface area contributed by atoms with Crippen molar-refractivity contribution >= 4 is 51.4 Å². The molecule has 9 heteroatoms. The number of methoxy groups -OCH3 is 1. The molecule has 1 heterocycles. The number of hydrogen-bond donors (Lipinski definition) is 2. The molecule has 0 bridgehead atoms. The van der Waals surface area contributed by atoms with Gasteiger partial charge in [-0.1, -0.05) is 40.8 Å². The largest absolute Gasteiger partial charge is 0.495 e. The van der Waals surface area contributed by atoms with Gasteiger partial charge in [-0.3, -0.25) is 4.79 Å². The molecule has 0 spiro atoms. The summed E-state index contributed by atoms with van der Waals surface area (Å²) in [4.78, 5) is 12.5. The Labute approximate surface area is 160 Å². The summed E-state index contributed by atoms with van der Waals surface area (Å²) in [6, 6.07) is 3.48. The topological polar surface area (TPSA) is 76.1 Å². The number of carbonyl (C=O) groups excluding carboxylic acids is 1. The first-order valence-electron chi connectivity index (χ1n) is 7.44. The zero-order valence-corrected chi connectivity index (χ0v) is 16.5. The minimum atomic E-state index is -0.346. The first-order chi connectivity index (χ1) is 11.9. The number of thioether (sulfide) groups is 1. The average Bonchev–Trinajstić information content (AvgIpc) is 3.03. The van der Waals surface area contributed by atoms with Crippen LogP contribution in [0.4, 0.5) is 10.8 Å². The van der Waals surface area contributed by atoms with Gasteiger partial charge >= 0.3 is 0 Å². The fraction of sp³-hybridized carbons (Fsp3) is 0.312. The summed E-state index contributed by atoms with van der Waals surface area (Å²) < 4.78 is 5.99. The molecule has 0 saturated heterocycles. The van der Waals surface area contributed by atoms with Crippen LogP contribution in [-0.4, -0.2) is 35.0 Å².